The fourth-order valence-electron chi connectivity index (χ4n) is 3.47. The van der Waals surface area contributed by atoms with Crippen molar-refractivity contribution in [2.45, 2.75) is 45.6 Å². The topological polar surface area (TPSA) is 139 Å². The summed E-state index contributed by atoms with van der Waals surface area (Å²) in [5, 5.41) is 9.08. The number of nitrogen functional groups attached to an aromatic ring is 1. The van der Waals surface area contributed by atoms with E-state index in [1.165, 1.54) is 0 Å². The summed E-state index contributed by atoms with van der Waals surface area (Å²) in [5.74, 6) is -0.749. The summed E-state index contributed by atoms with van der Waals surface area (Å²) in [6.07, 6.45) is 3.98. The Bertz CT molecular complexity index is 869. The molecular formula is C18H28N6O4. The number of anilines is 1. The lowest BCUT2D eigenvalue weighted by atomic mass is 9.97. The number of unbranched alkanes of at least 4 members (excludes halogenated alkanes) is 1. The number of aliphatic carboxylic acids is 1. The Morgan fingerprint density at radius 3 is 2.71 bits per heavy atom. The van der Waals surface area contributed by atoms with Crippen LogP contribution in [0.3, 0.4) is 0 Å². The summed E-state index contributed by atoms with van der Waals surface area (Å²) in [4.78, 5) is 36.8. The van der Waals surface area contributed by atoms with Gasteiger partial charge in [0.1, 0.15) is 5.52 Å². The maximum absolute atomic E-state index is 12.3. The van der Waals surface area contributed by atoms with Gasteiger partial charge in [0.05, 0.1) is 12.5 Å². The fraction of sp³-hybridized carbons (Fsp3) is 0.667. The molecule has 1 saturated heterocycles. The predicted octanol–water partition coefficient (Wildman–Crippen LogP) is 1.07. The molecule has 1 aliphatic rings. The number of nitrogens with zero attached hydrogens (tertiary/aromatic N) is 4. The number of imidazole rings is 1. The minimum Gasteiger partial charge on any atom is -0.481 e. The van der Waals surface area contributed by atoms with Crippen LogP contribution in [0.15, 0.2) is 4.79 Å². The molecule has 2 aromatic rings. The van der Waals surface area contributed by atoms with E-state index in [-0.39, 0.29) is 23.4 Å². The number of H-pyrrole nitrogens is 1. The molecule has 0 saturated carbocycles. The quantitative estimate of drug-likeness (QED) is 0.538. The number of nitrogens with two attached hydrogens (primary N) is 1. The number of hydrogen-bond donors (Lipinski definition) is 3. The monoisotopic (exact) mass is 392 g/mol. The van der Waals surface area contributed by atoms with Gasteiger partial charge in [0.25, 0.3) is 0 Å². The van der Waals surface area contributed by atoms with E-state index < -0.39 is 5.97 Å². The largest absolute Gasteiger partial charge is 0.481 e. The number of rotatable bonds is 9. The van der Waals surface area contributed by atoms with Crippen molar-refractivity contribution in [3.8, 4) is 6.01 Å². The zero-order valence-electron chi connectivity index (χ0n) is 16.2. The van der Waals surface area contributed by atoms with Crippen LogP contribution < -0.4 is 16.2 Å². The first-order chi connectivity index (χ1) is 13.5. The Labute approximate surface area is 162 Å². The van der Waals surface area contributed by atoms with Gasteiger partial charge in [-0.15, -0.1) is 0 Å². The van der Waals surface area contributed by atoms with E-state index in [4.69, 9.17) is 15.6 Å². The van der Waals surface area contributed by atoms with E-state index in [1.54, 1.807) is 4.57 Å². The van der Waals surface area contributed by atoms with Crippen molar-refractivity contribution in [2.24, 2.45) is 5.92 Å². The Morgan fingerprint density at radius 1 is 1.29 bits per heavy atom. The molecular weight excluding hydrogens is 364 g/mol. The van der Waals surface area contributed by atoms with Crippen LogP contribution in [-0.4, -0.2) is 61.7 Å². The molecule has 1 aliphatic heterocycles. The first-order valence-electron chi connectivity index (χ1n) is 9.83. The van der Waals surface area contributed by atoms with Crippen LogP contribution in [0, 0.1) is 5.92 Å². The van der Waals surface area contributed by atoms with E-state index in [0.717, 1.165) is 38.9 Å². The molecule has 0 aliphatic carbocycles. The van der Waals surface area contributed by atoms with Crippen molar-refractivity contribution >= 4 is 23.0 Å². The van der Waals surface area contributed by atoms with Gasteiger partial charge in [-0.1, -0.05) is 13.3 Å². The summed E-state index contributed by atoms with van der Waals surface area (Å²) in [7, 11) is 0. The molecule has 3 heterocycles. The van der Waals surface area contributed by atoms with Crippen molar-refractivity contribution in [3.63, 3.8) is 0 Å². The minimum absolute atomic E-state index is 0.182. The van der Waals surface area contributed by atoms with E-state index in [1.807, 2.05) is 0 Å². The van der Waals surface area contributed by atoms with Crippen LogP contribution in [0.2, 0.25) is 0 Å². The number of hydrogen-bond acceptors (Lipinski definition) is 7. The molecule has 0 radical (unpaired) electrons. The fourth-order valence-corrected chi connectivity index (χ4v) is 3.47. The number of likely N-dealkylation sites (tertiary alicyclic amines) is 1. The summed E-state index contributed by atoms with van der Waals surface area (Å²) in [5.41, 5.74) is 6.56. The molecule has 3 rings (SSSR count). The molecule has 0 bridgehead atoms. The first kappa shape index (κ1) is 20.1. The number of nitrogens with one attached hydrogen (secondary N) is 1. The molecule has 10 heteroatoms. The number of piperidine rings is 1. The van der Waals surface area contributed by atoms with Gasteiger partial charge in [-0.25, -0.2) is 4.79 Å². The Balaban J connectivity index is 1.63. The summed E-state index contributed by atoms with van der Waals surface area (Å²) >= 11 is 0. The molecule has 0 unspecified atom stereocenters. The Morgan fingerprint density at radius 2 is 2.04 bits per heavy atom. The van der Waals surface area contributed by atoms with Crippen LogP contribution in [0.5, 0.6) is 6.01 Å². The maximum Gasteiger partial charge on any atom is 0.327 e. The molecule has 28 heavy (non-hydrogen) atoms. The summed E-state index contributed by atoms with van der Waals surface area (Å²) in [6.45, 7) is 5.39. The highest BCUT2D eigenvalue weighted by molar-refractivity contribution is 5.81. The number of carboxylic acids is 1. The predicted molar refractivity (Wildman–Crippen MR) is 104 cm³/mol. The zero-order valence-corrected chi connectivity index (χ0v) is 16.2. The number of carbonyl (C=O) groups is 1. The minimum atomic E-state index is -0.709. The lowest BCUT2D eigenvalue weighted by molar-refractivity contribution is -0.143. The molecule has 2 aromatic heterocycles. The second-order valence-corrected chi connectivity index (χ2v) is 7.18. The van der Waals surface area contributed by atoms with Crippen molar-refractivity contribution < 1.29 is 14.6 Å². The number of fused-ring (bicyclic) bond motifs is 1. The highest BCUT2D eigenvalue weighted by atomic mass is 16.5. The molecule has 154 valence electrons. The van der Waals surface area contributed by atoms with Gasteiger partial charge in [0.15, 0.2) is 11.5 Å². The SMILES string of the molecule is CCCCOc1nc(N)c2[nH]c(=O)n(CCCN3CCC(C(=O)O)CC3)c2n1. The van der Waals surface area contributed by atoms with E-state index in [0.29, 0.717) is 37.2 Å². The maximum atomic E-state index is 12.3. The van der Waals surface area contributed by atoms with E-state index in [9.17, 15) is 9.59 Å². The van der Waals surface area contributed by atoms with Gasteiger partial charge in [0.2, 0.25) is 0 Å². The van der Waals surface area contributed by atoms with Crippen molar-refractivity contribution in [3.05, 3.63) is 10.5 Å². The standard InChI is InChI=1S/C18H28N6O4/c1-2-3-11-28-17-21-14(19)13-15(22-17)24(18(27)20-13)8-4-7-23-9-5-12(6-10-23)16(25)26/h12H,2-11H2,1H3,(H,20,27)(H,25,26)(H2,19,21,22). The Hall–Kier alpha value is -2.62. The average molecular weight is 392 g/mol. The lowest BCUT2D eigenvalue weighted by Gasteiger charge is -2.29. The lowest BCUT2D eigenvalue weighted by Crippen LogP contribution is -2.37. The molecule has 4 N–H and O–H groups in total. The molecule has 0 amide bonds. The van der Waals surface area contributed by atoms with Gasteiger partial charge < -0.3 is 25.5 Å². The van der Waals surface area contributed by atoms with E-state index >= 15 is 0 Å². The molecule has 1 fully saturated rings. The molecule has 0 aromatic carbocycles. The Kier molecular flexibility index (Phi) is 6.50. The summed E-state index contributed by atoms with van der Waals surface area (Å²) < 4.78 is 7.10. The van der Waals surface area contributed by atoms with Crippen molar-refractivity contribution in [2.75, 3.05) is 32.0 Å². The highest BCUT2D eigenvalue weighted by Crippen LogP contribution is 2.19. The van der Waals surface area contributed by atoms with Crippen molar-refractivity contribution in [1.82, 2.24) is 24.4 Å². The number of carboxylic acid groups (broad SMARTS) is 1. The molecule has 0 spiro atoms. The summed E-state index contributed by atoms with van der Waals surface area (Å²) in [6, 6.07) is 0.182. The number of ether oxygens (including phenoxy) is 1. The second-order valence-electron chi connectivity index (χ2n) is 7.18. The molecule has 10 nitrogen and oxygen atoms in total. The van der Waals surface area contributed by atoms with Crippen LogP contribution >= 0.6 is 0 Å². The van der Waals surface area contributed by atoms with Crippen molar-refractivity contribution in [1.29, 1.82) is 0 Å². The molecule has 0 atom stereocenters. The second kappa shape index (κ2) is 9.05. The first-order valence-corrected chi connectivity index (χ1v) is 9.83. The van der Waals surface area contributed by atoms with Crippen LogP contribution in [0.1, 0.15) is 39.0 Å². The van der Waals surface area contributed by atoms with Crippen LogP contribution in [0.25, 0.3) is 11.2 Å². The van der Waals surface area contributed by atoms with Crippen LogP contribution in [-0.2, 0) is 11.3 Å². The number of aromatic nitrogens is 4. The zero-order chi connectivity index (χ0) is 20.1. The third-order valence-corrected chi connectivity index (χ3v) is 5.15. The van der Waals surface area contributed by atoms with Gasteiger partial charge in [-0.05, 0) is 45.3 Å². The number of aromatic amines is 1. The third-order valence-electron chi connectivity index (χ3n) is 5.15. The van der Waals surface area contributed by atoms with Gasteiger partial charge >= 0.3 is 17.7 Å². The third kappa shape index (κ3) is 4.61. The smallest absolute Gasteiger partial charge is 0.327 e. The highest BCUT2D eigenvalue weighted by Gasteiger charge is 2.24. The average Bonchev–Trinajstić information content (AvgIpc) is 2.99. The van der Waals surface area contributed by atoms with Gasteiger partial charge in [-0.2, -0.15) is 9.97 Å². The number of aryl methyl sites for hydroxylation is 1. The normalized spacial score (nSPS) is 15.9. The van der Waals surface area contributed by atoms with Crippen LogP contribution in [0.4, 0.5) is 5.82 Å². The van der Waals surface area contributed by atoms with Gasteiger partial charge in [0, 0.05) is 6.54 Å². The van der Waals surface area contributed by atoms with E-state index in [2.05, 4.69) is 26.8 Å². The van der Waals surface area contributed by atoms with Gasteiger partial charge in [-0.3, -0.25) is 9.36 Å².